The van der Waals surface area contributed by atoms with E-state index in [1.165, 1.54) is 5.57 Å². The second-order valence-electron chi connectivity index (χ2n) is 4.71. The van der Waals surface area contributed by atoms with Gasteiger partial charge in [-0.05, 0) is 37.7 Å². The molecule has 1 unspecified atom stereocenters. The Morgan fingerprint density at radius 3 is 2.89 bits per heavy atom. The summed E-state index contributed by atoms with van der Waals surface area (Å²) in [5, 5.41) is 0. The van der Waals surface area contributed by atoms with Gasteiger partial charge >= 0.3 is 5.97 Å². The molecule has 1 atom stereocenters. The summed E-state index contributed by atoms with van der Waals surface area (Å²) in [7, 11) is 0. The number of esters is 1. The summed E-state index contributed by atoms with van der Waals surface area (Å²) < 4.78 is 4.97. The molecule has 1 aliphatic rings. The van der Waals surface area contributed by atoms with Gasteiger partial charge in [0.2, 0.25) is 0 Å². The number of hydrogen-bond acceptors (Lipinski definition) is 5. The lowest BCUT2D eigenvalue weighted by atomic mass is 9.86. The number of nitrogen functional groups attached to an aromatic ring is 1. The maximum Gasteiger partial charge on any atom is 0.306 e. The van der Waals surface area contributed by atoms with Crippen LogP contribution in [0.15, 0.2) is 18.5 Å². The normalized spacial score (nSPS) is 18.8. The van der Waals surface area contributed by atoms with Gasteiger partial charge in [-0.25, -0.2) is 4.98 Å². The van der Waals surface area contributed by atoms with Gasteiger partial charge in [0.05, 0.1) is 24.7 Å². The van der Waals surface area contributed by atoms with E-state index >= 15 is 0 Å². The van der Waals surface area contributed by atoms with Crippen molar-refractivity contribution in [2.75, 3.05) is 12.3 Å². The van der Waals surface area contributed by atoms with Gasteiger partial charge in [-0.1, -0.05) is 6.08 Å². The van der Waals surface area contributed by atoms with Crippen molar-refractivity contribution in [2.24, 2.45) is 5.92 Å². The summed E-state index contributed by atoms with van der Waals surface area (Å²) in [6.45, 7) is 2.28. The van der Waals surface area contributed by atoms with Crippen LogP contribution < -0.4 is 5.73 Å². The van der Waals surface area contributed by atoms with Gasteiger partial charge in [-0.3, -0.25) is 9.78 Å². The Balaban J connectivity index is 1.92. The van der Waals surface area contributed by atoms with E-state index < -0.39 is 0 Å². The smallest absolute Gasteiger partial charge is 0.306 e. The number of carbonyl (C=O) groups excluding carboxylic acids is 1. The van der Waals surface area contributed by atoms with E-state index in [1.54, 1.807) is 12.4 Å². The average Bonchev–Trinajstić information content (AvgIpc) is 2.41. The summed E-state index contributed by atoms with van der Waals surface area (Å²) >= 11 is 0. The molecule has 0 bridgehead atoms. The highest BCUT2D eigenvalue weighted by molar-refractivity contribution is 5.70. The van der Waals surface area contributed by atoms with Crippen LogP contribution in [-0.4, -0.2) is 22.5 Å². The molecule has 102 valence electrons. The molecule has 0 saturated heterocycles. The van der Waals surface area contributed by atoms with Crippen molar-refractivity contribution < 1.29 is 9.53 Å². The molecular formula is C14H19N3O2. The van der Waals surface area contributed by atoms with Gasteiger partial charge in [0.25, 0.3) is 0 Å². The molecule has 1 aromatic rings. The molecule has 1 heterocycles. The van der Waals surface area contributed by atoms with Crippen molar-refractivity contribution >= 4 is 17.4 Å². The van der Waals surface area contributed by atoms with Gasteiger partial charge < -0.3 is 10.5 Å². The first kappa shape index (κ1) is 13.5. The monoisotopic (exact) mass is 261 g/mol. The molecule has 0 aromatic carbocycles. The Labute approximate surface area is 112 Å². The van der Waals surface area contributed by atoms with Crippen LogP contribution in [0.25, 0.3) is 5.57 Å². The van der Waals surface area contributed by atoms with Crippen molar-refractivity contribution in [3.05, 3.63) is 24.2 Å². The van der Waals surface area contributed by atoms with Crippen LogP contribution >= 0.6 is 0 Å². The number of nitrogens with two attached hydrogens (primary N) is 1. The summed E-state index contributed by atoms with van der Waals surface area (Å²) in [5.74, 6) is 0.710. The molecule has 2 N–H and O–H groups in total. The number of hydrogen-bond donors (Lipinski definition) is 1. The zero-order valence-corrected chi connectivity index (χ0v) is 11.1. The maximum absolute atomic E-state index is 11.4. The minimum absolute atomic E-state index is 0.100. The number of allylic oxidation sites excluding steroid dienone is 2. The highest BCUT2D eigenvalue weighted by atomic mass is 16.5. The van der Waals surface area contributed by atoms with Gasteiger partial charge in [0.1, 0.15) is 5.82 Å². The predicted octanol–water partition coefficient (Wildman–Crippen LogP) is 2.20. The third-order valence-electron chi connectivity index (χ3n) is 3.28. The fraction of sp³-hybridized carbons (Fsp3) is 0.500. The molecule has 0 amide bonds. The Morgan fingerprint density at radius 2 is 2.32 bits per heavy atom. The van der Waals surface area contributed by atoms with Crippen LogP contribution in [0.5, 0.6) is 0 Å². The van der Waals surface area contributed by atoms with Crippen LogP contribution in [0.1, 0.15) is 38.3 Å². The first-order valence-electron chi connectivity index (χ1n) is 6.61. The second-order valence-corrected chi connectivity index (χ2v) is 4.71. The topological polar surface area (TPSA) is 78.1 Å². The molecule has 1 aromatic heterocycles. The number of ether oxygens (including phenoxy) is 1. The Bertz CT molecular complexity index is 468. The van der Waals surface area contributed by atoms with Crippen molar-refractivity contribution in [1.29, 1.82) is 0 Å². The van der Waals surface area contributed by atoms with Gasteiger partial charge in [-0.2, -0.15) is 0 Å². The zero-order chi connectivity index (χ0) is 13.7. The van der Waals surface area contributed by atoms with E-state index in [0.717, 1.165) is 25.0 Å². The molecule has 0 saturated carbocycles. The van der Waals surface area contributed by atoms with Gasteiger partial charge in [0, 0.05) is 6.42 Å². The lowest BCUT2D eigenvalue weighted by Crippen LogP contribution is -2.14. The molecule has 0 fully saturated rings. The predicted molar refractivity (Wildman–Crippen MR) is 73.0 cm³/mol. The van der Waals surface area contributed by atoms with Crippen molar-refractivity contribution in [3.63, 3.8) is 0 Å². The van der Waals surface area contributed by atoms with Crippen LogP contribution in [-0.2, 0) is 9.53 Å². The molecule has 0 radical (unpaired) electrons. The largest absolute Gasteiger partial charge is 0.466 e. The quantitative estimate of drug-likeness (QED) is 0.840. The number of nitrogens with zero attached hydrogens (tertiary/aromatic N) is 2. The molecule has 2 rings (SSSR count). The highest BCUT2D eigenvalue weighted by Crippen LogP contribution is 2.30. The third-order valence-corrected chi connectivity index (χ3v) is 3.28. The molecule has 19 heavy (non-hydrogen) atoms. The number of rotatable bonds is 4. The van der Waals surface area contributed by atoms with E-state index in [2.05, 4.69) is 16.0 Å². The Hall–Kier alpha value is -1.91. The fourth-order valence-electron chi connectivity index (χ4n) is 2.27. The first-order valence-corrected chi connectivity index (χ1v) is 6.61. The number of anilines is 1. The second kappa shape index (κ2) is 6.31. The summed E-state index contributed by atoms with van der Waals surface area (Å²) in [4.78, 5) is 19.7. The standard InChI is InChI=1S/C14H19N3O2/c1-2-19-14(18)7-10-3-5-11(6-4-10)12-8-17-13(15)9-16-12/h5,8-10H,2-4,6-7H2,1H3,(H2,15,17). The summed E-state index contributed by atoms with van der Waals surface area (Å²) in [5.41, 5.74) is 7.58. The average molecular weight is 261 g/mol. The number of aromatic nitrogens is 2. The zero-order valence-electron chi connectivity index (χ0n) is 11.1. The minimum atomic E-state index is -0.100. The van der Waals surface area contributed by atoms with Crippen molar-refractivity contribution in [1.82, 2.24) is 9.97 Å². The molecular weight excluding hydrogens is 242 g/mol. The Morgan fingerprint density at radius 1 is 1.47 bits per heavy atom. The van der Waals surface area contributed by atoms with Gasteiger partial charge in [-0.15, -0.1) is 0 Å². The van der Waals surface area contributed by atoms with Gasteiger partial charge in [0.15, 0.2) is 0 Å². The maximum atomic E-state index is 11.4. The molecule has 0 spiro atoms. The molecule has 5 heteroatoms. The van der Waals surface area contributed by atoms with Crippen LogP contribution in [0.4, 0.5) is 5.82 Å². The first-order chi connectivity index (χ1) is 9.19. The fourth-order valence-corrected chi connectivity index (χ4v) is 2.27. The van der Waals surface area contributed by atoms with E-state index in [0.29, 0.717) is 24.8 Å². The van der Waals surface area contributed by atoms with E-state index in [-0.39, 0.29) is 5.97 Å². The van der Waals surface area contributed by atoms with E-state index in [1.807, 2.05) is 6.92 Å². The van der Waals surface area contributed by atoms with Crippen LogP contribution in [0.3, 0.4) is 0 Å². The van der Waals surface area contributed by atoms with Crippen LogP contribution in [0.2, 0.25) is 0 Å². The Kier molecular flexibility index (Phi) is 4.49. The van der Waals surface area contributed by atoms with Crippen molar-refractivity contribution in [2.45, 2.75) is 32.6 Å². The third kappa shape index (κ3) is 3.77. The molecule has 5 nitrogen and oxygen atoms in total. The van der Waals surface area contributed by atoms with E-state index in [4.69, 9.17) is 10.5 Å². The van der Waals surface area contributed by atoms with E-state index in [9.17, 15) is 4.79 Å². The highest BCUT2D eigenvalue weighted by Gasteiger charge is 2.19. The van der Waals surface area contributed by atoms with Crippen LogP contribution in [0, 0.1) is 5.92 Å². The number of carbonyl (C=O) groups is 1. The summed E-state index contributed by atoms with van der Waals surface area (Å²) in [6, 6.07) is 0. The minimum Gasteiger partial charge on any atom is -0.466 e. The SMILES string of the molecule is CCOC(=O)CC1CC=C(c2cnc(N)cn2)CC1. The molecule has 0 aliphatic heterocycles. The van der Waals surface area contributed by atoms with Crippen molar-refractivity contribution in [3.8, 4) is 0 Å². The lowest BCUT2D eigenvalue weighted by Gasteiger charge is -2.20. The molecule has 1 aliphatic carbocycles. The summed E-state index contributed by atoms with van der Waals surface area (Å²) in [6.07, 6.45) is 8.71. The lowest BCUT2D eigenvalue weighted by molar-refractivity contribution is -0.144.